The van der Waals surface area contributed by atoms with Crippen LogP contribution in [0.2, 0.25) is 5.02 Å². The number of benzene rings is 1. The highest BCUT2D eigenvalue weighted by Gasteiger charge is 2.06. The van der Waals surface area contributed by atoms with Crippen LogP contribution in [-0.2, 0) is 13.0 Å². The smallest absolute Gasteiger partial charge is 0.223 e. The molecule has 1 N–H and O–H groups in total. The maximum absolute atomic E-state index is 13.5. The highest BCUT2D eigenvalue weighted by molar-refractivity contribution is 6.30. The fourth-order valence-electron chi connectivity index (χ4n) is 1.55. The third-order valence-corrected chi connectivity index (χ3v) is 2.73. The third-order valence-electron chi connectivity index (χ3n) is 2.44. The minimum absolute atomic E-state index is 0.142. The molecule has 0 aliphatic rings. The molecule has 0 amide bonds. The van der Waals surface area contributed by atoms with Crippen LogP contribution >= 0.6 is 11.6 Å². The van der Waals surface area contributed by atoms with E-state index < -0.39 is 0 Å². The van der Waals surface area contributed by atoms with Crippen LogP contribution in [0.1, 0.15) is 17.3 Å². The van der Waals surface area contributed by atoms with Gasteiger partial charge in [0.05, 0.1) is 5.02 Å². The SMILES string of the molecule is Cc1nc(CCNCc2cccc(Cl)c2F)no1. The quantitative estimate of drug-likeness (QED) is 0.848. The van der Waals surface area contributed by atoms with Gasteiger partial charge in [-0.05, 0) is 6.07 Å². The van der Waals surface area contributed by atoms with Crippen molar-refractivity contribution in [2.45, 2.75) is 19.9 Å². The van der Waals surface area contributed by atoms with E-state index in [1.165, 1.54) is 6.07 Å². The van der Waals surface area contributed by atoms with Crippen LogP contribution in [0.5, 0.6) is 0 Å². The van der Waals surface area contributed by atoms with E-state index in [9.17, 15) is 4.39 Å². The van der Waals surface area contributed by atoms with E-state index in [2.05, 4.69) is 15.5 Å². The molecular formula is C12H13ClFN3O. The number of halogens is 2. The van der Waals surface area contributed by atoms with Crippen molar-refractivity contribution in [3.05, 3.63) is 46.3 Å². The molecule has 0 atom stereocenters. The van der Waals surface area contributed by atoms with Crippen molar-refractivity contribution >= 4 is 11.6 Å². The van der Waals surface area contributed by atoms with Crippen LogP contribution in [0.25, 0.3) is 0 Å². The Morgan fingerprint density at radius 1 is 1.44 bits per heavy atom. The minimum atomic E-state index is -0.373. The zero-order valence-corrected chi connectivity index (χ0v) is 10.7. The predicted octanol–water partition coefficient (Wildman–Crippen LogP) is 2.50. The van der Waals surface area contributed by atoms with Crippen molar-refractivity contribution in [1.29, 1.82) is 0 Å². The summed E-state index contributed by atoms with van der Waals surface area (Å²) >= 11 is 5.69. The Morgan fingerprint density at radius 3 is 3.00 bits per heavy atom. The van der Waals surface area contributed by atoms with Gasteiger partial charge in [-0.25, -0.2) is 4.39 Å². The standard InChI is InChI=1S/C12H13ClFN3O/c1-8-16-11(17-18-8)5-6-15-7-9-3-2-4-10(13)12(9)14/h2-4,15H,5-7H2,1H3. The first kappa shape index (κ1) is 13.0. The van der Waals surface area contributed by atoms with E-state index in [1.807, 2.05) is 0 Å². The molecule has 0 aliphatic heterocycles. The molecule has 6 heteroatoms. The third kappa shape index (κ3) is 3.27. The predicted molar refractivity (Wildman–Crippen MR) is 65.9 cm³/mol. The molecule has 0 saturated heterocycles. The van der Waals surface area contributed by atoms with Crippen molar-refractivity contribution < 1.29 is 8.91 Å². The van der Waals surface area contributed by atoms with Crippen LogP contribution in [0.4, 0.5) is 4.39 Å². The summed E-state index contributed by atoms with van der Waals surface area (Å²) in [5, 5.41) is 7.02. The van der Waals surface area contributed by atoms with Gasteiger partial charge >= 0.3 is 0 Å². The summed E-state index contributed by atoms with van der Waals surface area (Å²) in [5.41, 5.74) is 0.548. The second-order valence-electron chi connectivity index (χ2n) is 3.87. The largest absolute Gasteiger partial charge is 0.340 e. The lowest BCUT2D eigenvalue weighted by atomic mass is 10.2. The van der Waals surface area contributed by atoms with Gasteiger partial charge in [0.15, 0.2) is 5.82 Å². The molecule has 0 bridgehead atoms. The highest BCUT2D eigenvalue weighted by atomic mass is 35.5. The molecule has 1 heterocycles. The van der Waals surface area contributed by atoms with Crippen molar-refractivity contribution in [2.75, 3.05) is 6.54 Å². The average Bonchev–Trinajstić information content (AvgIpc) is 2.76. The first-order chi connectivity index (χ1) is 8.66. The van der Waals surface area contributed by atoms with Crippen molar-refractivity contribution in [2.24, 2.45) is 0 Å². The van der Waals surface area contributed by atoms with Crippen LogP contribution in [0.3, 0.4) is 0 Å². The van der Waals surface area contributed by atoms with Gasteiger partial charge in [0.2, 0.25) is 5.89 Å². The van der Waals surface area contributed by atoms with E-state index in [4.69, 9.17) is 16.1 Å². The number of hydrogen-bond donors (Lipinski definition) is 1. The Balaban J connectivity index is 1.80. The Kier molecular flexibility index (Phi) is 4.28. The molecule has 0 fully saturated rings. The van der Waals surface area contributed by atoms with Crippen molar-refractivity contribution in [3.8, 4) is 0 Å². The molecule has 0 radical (unpaired) electrons. The fraction of sp³-hybridized carbons (Fsp3) is 0.333. The second-order valence-corrected chi connectivity index (χ2v) is 4.28. The molecular weight excluding hydrogens is 257 g/mol. The lowest BCUT2D eigenvalue weighted by Crippen LogP contribution is -2.18. The number of aryl methyl sites for hydroxylation is 1. The van der Waals surface area contributed by atoms with Gasteiger partial charge in [-0.1, -0.05) is 28.9 Å². The van der Waals surface area contributed by atoms with Crippen molar-refractivity contribution in [3.63, 3.8) is 0 Å². The molecule has 0 spiro atoms. The summed E-state index contributed by atoms with van der Waals surface area (Å²) in [6.45, 7) is 2.80. The molecule has 0 saturated carbocycles. The Labute approximate surface area is 109 Å². The number of nitrogens with one attached hydrogen (secondary N) is 1. The maximum Gasteiger partial charge on any atom is 0.223 e. The minimum Gasteiger partial charge on any atom is -0.340 e. The van der Waals surface area contributed by atoms with Crippen molar-refractivity contribution in [1.82, 2.24) is 15.5 Å². The van der Waals surface area contributed by atoms with E-state index in [-0.39, 0.29) is 10.8 Å². The molecule has 2 aromatic rings. The van der Waals surface area contributed by atoms with Gasteiger partial charge in [0.1, 0.15) is 5.82 Å². The molecule has 96 valence electrons. The monoisotopic (exact) mass is 269 g/mol. The topological polar surface area (TPSA) is 51.0 Å². The van der Waals surface area contributed by atoms with Gasteiger partial charge in [-0.2, -0.15) is 4.98 Å². The maximum atomic E-state index is 13.5. The van der Waals surface area contributed by atoms with E-state index in [0.717, 1.165) is 0 Å². The average molecular weight is 270 g/mol. The highest BCUT2D eigenvalue weighted by Crippen LogP contribution is 2.17. The van der Waals surface area contributed by atoms with Gasteiger partial charge in [-0.15, -0.1) is 0 Å². The van der Waals surface area contributed by atoms with Gasteiger partial charge in [0.25, 0.3) is 0 Å². The molecule has 0 aliphatic carbocycles. The van der Waals surface area contributed by atoms with Crippen LogP contribution in [0, 0.1) is 12.7 Å². The van der Waals surface area contributed by atoms with E-state index >= 15 is 0 Å². The van der Waals surface area contributed by atoms with Gasteiger partial charge < -0.3 is 9.84 Å². The van der Waals surface area contributed by atoms with Crippen LogP contribution in [-0.4, -0.2) is 16.7 Å². The number of hydrogen-bond acceptors (Lipinski definition) is 4. The van der Waals surface area contributed by atoms with Crippen LogP contribution in [0.15, 0.2) is 22.7 Å². The van der Waals surface area contributed by atoms with E-state index in [0.29, 0.717) is 36.8 Å². The Morgan fingerprint density at radius 2 is 2.28 bits per heavy atom. The summed E-state index contributed by atoms with van der Waals surface area (Å²) in [6.07, 6.45) is 0.638. The Hall–Kier alpha value is -1.46. The zero-order chi connectivity index (χ0) is 13.0. The first-order valence-corrected chi connectivity index (χ1v) is 5.97. The first-order valence-electron chi connectivity index (χ1n) is 5.59. The number of nitrogens with zero attached hydrogens (tertiary/aromatic N) is 2. The molecule has 4 nitrogen and oxygen atoms in total. The Bertz CT molecular complexity index is 530. The van der Waals surface area contributed by atoms with Gasteiger partial charge in [0, 0.05) is 32.0 Å². The summed E-state index contributed by atoms with van der Waals surface area (Å²) in [7, 11) is 0. The summed E-state index contributed by atoms with van der Waals surface area (Å²) < 4.78 is 18.4. The zero-order valence-electron chi connectivity index (χ0n) is 9.91. The molecule has 1 aromatic carbocycles. The van der Waals surface area contributed by atoms with Gasteiger partial charge in [-0.3, -0.25) is 0 Å². The molecule has 2 rings (SSSR count). The summed E-state index contributed by atoms with van der Waals surface area (Å²) in [5.74, 6) is 0.819. The second kappa shape index (κ2) is 5.93. The molecule has 18 heavy (non-hydrogen) atoms. The number of aromatic nitrogens is 2. The molecule has 0 unspecified atom stereocenters. The summed E-state index contributed by atoms with van der Waals surface area (Å²) in [4.78, 5) is 4.07. The summed E-state index contributed by atoms with van der Waals surface area (Å²) in [6, 6.07) is 4.96. The lowest BCUT2D eigenvalue weighted by Gasteiger charge is -2.05. The fourth-order valence-corrected chi connectivity index (χ4v) is 1.75. The van der Waals surface area contributed by atoms with E-state index in [1.54, 1.807) is 19.1 Å². The number of rotatable bonds is 5. The molecule has 1 aromatic heterocycles. The normalized spacial score (nSPS) is 10.8. The lowest BCUT2D eigenvalue weighted by molar-refractivity contribution is 0.387. The van der Waals surface area contributed by atoms with Crippen LogP contribution < -0.4 is 5.32 Å².